The van der Waals surface area contributed by atoms with Gasteiger partial charge < -0.3 is 10.6 Å². The lowest BCUT2D eigenvalue weighted by Crippen LogP contribution is -2.37. The molecular weight excluding hydrogens is 200 g/mol. The first kappa shape index (κ1) is 11.0. The Hall–Kier alpha value is -1.51. The molecule has 1 aliphatic carbocycles. The fourth-order valence-electron chi connectivity index (χ4n) is 1.79. The van der Waals surface area contributed by atoms with E-state index in [1.165, 1.54) is 12.8 Å². The minimum Gasteiger partial charge on any atom is -0.335 e. The molecule has 1 aliphatic rings. The van der Waals surface area contributed by atoms with Crippen molar-refractivity contribution in [2.24, 2.45) is 5.92 Å². The zero-order valence-corrected chi connectivity index (χ0v) is 9.79. The molecule has 0 aliphatic heterocycles. The van der Waals surface area contributed by atoms with Crippen molar-refractivity contribution in [2.75, 3.05) is 5.32 Å². The summed E-state index contributed by atoms with van der Waals surface area (Å²) in [4.78, 5) is 11.7. The Balaban J connectivity index is 1.89. The molecule has 1 fully saturated rings. The number of para-hydroxylation sites is 1. The number of carbonyl (C=O) groups excluding carboxylic acids is 1. The molecule has 1 saturated carbocycles. The maximum atomic E-state index is 11.7. The van der Waals surface area contributed by atoms with Crippen LogP contribution >= 0.6 is 0 Å². The summed E-state index contributed by atoms with van der Waals surface area (Å²) in [5.41, 5.74) is 1.96. The van der Waals surface area contributed by atoms with Gasteiger partial charge >= 0.3 is 6.03 Å². The van der Waals surface area contributed by atoms with Gasteiger partial charge in [0.15, 0.2) is 0 Å². The van der Waals surface area contributed by atoms with Crippen molar-refractivity contribution in [1.82, 2.24) is 5.32 Å². The summed E-state index contributed by atoms with van der Waals surface area (Å²) in [5.74, 6) is 0.683. The van der Waals surface area contributed by atoms with Gasteiger partial charge in [-0.15, -0.1) is 0 Å². The van der Waals surface area contributed by atoms with Gasteiger partial charge in [-0.3, -0.25) is 0 Å². The van der Waals surface area contributed by atoms with Gasteiger partial charge in [-0.1, -0.05) is 18.2 Å². The van der Waals surface area contributed by atoms with Crippen LogP contribution in [0.25, 0.3) is 0 Å². The third-order valence-corrected chi connectivity index (χ3v) is 3.08. The lowest BCUT2D eigenvalue weighted by atomic mass is 10.2. The number of hydrogen-bond donors (Lipinski definition) is 2. The summed E-state index contributed by atoms with van der Waals surface area (Å²) >= 11 is 0. The Morgan fingerprint density at radius 1 is 1.38 bits per heavy atom. The zero-order chi connectivity index (χ0) is 11.5. The summed E-state index contributed by atoms with van der Waals surface area (Å²) < 4.78 is 0. The highest BCUT2D eigenvalue weighted by Crippen LogP contribution is 2.32. The molecule has 0 aromatic heterocycles. The van der Waals surface area contributed by atoms with Crippen LogP contribution in [-0.2, 0) is 0 Å². The topological polar surface area (TPSA) is 41.1 Å². The van der Waals surface area contributed by atoms with Crippen LogP contribution in [0.1, 0.15) is 25.3 Å². The predicted octanol–water partition coefficient (Wildman–Crippen LogP) is 2.92. The van der Waals surface area contributed by atoms with Crippen LogP contribution in [0.4, 0.5) is 10.5 Å². The normalized spacial score (nSPS) is 16.6. The van der Waals surface area contributed by atoms with E-state index in [1.54, 1.807) is 0 Å². The molecule has 2 rings (SSSR count). The average Bonchev–Trinajstić information content (AvgIpc) is 3.04. The molecule has 2 N–H and O–H groups in total. The molecule has 3 nitrogen and oxygen atoms in total. The van der Waals surface area contributed by atoms with Gasteiger partial charge in [-0.25, -0.2) is 4.79 Å². The number of nitrogens with one attached hydrogen (secondary N) is 2. The molecule has 0 heterocycles. The molecular formula is C13H18N2O. The molecule has 0 radical (unpaired) electrons. The van der Waals surface area contributed by atoms with Gasteiger partial charge in [0.1, 0.15) is 0 Å². The van der Waals surface area contributed by atoms with Crippen LogP contribution in [-0.4, -0.2) is 12.1 Å². The van der Waals surface area contributed by atoms with Gasteiger partial charge in [0.2, 0.25) is 0 Å². The molecule has 1 aromatic carbocycles. The Morgan fingerprint density at radius 2 is 2.06 bits per heavy atom. The lowest BCUT2D eigenvalue weighted by Gasteiger charge is -2.14. The predicted molar refractivity (Wildman–Crippen MR) is 65.5 cm³/mol. The van der Waals surface area contributed by atoms with E-state index >= 15 is 0 Å². The molecule has 16 heavy (non-hydrogen) atoms. The number of amides is 2. The van der Waals surface area contributed by atoms with Crippen molar-refractivity contribution in [3.63, 3.8) is 0 Å². The van der Waals surface area contributed by atoms with E-state index in [0.717, 1.165) is 11.3 Å². The second kappa shape index (κ2) is 4.56. The first-order chi connectivity index (χ1) is 7.66. The molecule has 1 unspecified atom stereocenters. The molecule has 0 saturated heterocycles. The minimum atomic E-state index is -0.103. The summed E-state index contributed by atoms with van der Waals surface area (Å²) in [6, 6.07) is 7.96. The van der Waals surface area contributed by atoms with Crippen LogP contribution in [0.2, 0.25) is 0 Å². The van der Waals surface area contributed by atoms with Gasteiger partial charge in [0, 0.05) is 11.7 Å². The van der Waals surface area contributed by atoms with Gasteiger partial charge in [0.25, 0.3) is 0 Å². The van der Waals surface area contributed by atoms with Crippen LogP contribution in [0, 0.1) is 12.8 Å². The van der Waals surface area contributed by atoms with Crippen LogP contribution in [0.15, 0.2) is 24.3 Å². The molecule has 1 atom stereocenters. The minimum absolute atomic E-state index is 0.103. The highest BCUT2D eigenvalue weighted by Gasteiger charge is 2.28. The van der Waals surface area contributed by atoms with Crippen LogP contribution < -0.4 is 10.6 Å². The van der Waals surface area contributed by atoms with Crippen molar-refractivity contribution in [3.8, 4) is 0 Å². The Morgan fingerprint density at radius 3 is 2.69 bits per heavy atom. The van der Waals surface area contributed by atoms with Crippen molar-refractivity contribution in [3.05, 3.63) is 29.8 Å². The lowest BCUT2D eigenvalue weighted by molar-refractivity contribution is 0.248. The zero-order valence-electron chi connectivity index (χ0n) is 9.79. The van der Waals surface area contributed by atoms with Crippen molar-refractivity contribution in [1.29, 1.82) is 0 Å². The van der Waals surface area contributed by atoms with Gasteiger partial charge in [0.05, 0.1) is 0 Å². The molecule has 86 valence electrons. The number of carbonyl (C=O) groups is 1. The number of anilines is 1. The number of benzene rings is 1. The number of aryl methyl sites for hydroxylation is 1. The van der Waals surface area contributed by atoms with Crippen molar-refractivity contribution < 1.29 is 4.79 Å². The maximum absolute atomic E-state index is 11.7. The number of urea groups is 1. The van der Waals surface area contributed by atoms with E-state index in [9.17, 15) is 4.79 Å². The highest BCUT2D eigenvalue weighted by molar-refractivity contribution is 5.90. The van der Waals surface area contributed by atoms with E-state index < -0.39 is 0 Å². The fourth-order valence-corrected chi connectivity index (χ4v) is 1.79. The second-order valence-corrected chi connectivity index (χ2v) is 4.54. The first-order valence-corrected chi connectivity index (χ1v) is 5.80. The van der Waals surface area contributed by atoms with E-state index in [2.05, 4.69) is 17.6 Å². The van der Waals surface area contributed by atoms with Gasteiger partial charge in [-0.05, 0) is 44.2 Å². The number of rotatable bonds is 3. The second-order valence-electron chi connectivity index (χ2n) is 4.54. The molecule has 1 aromatic rings. The summed E-state index contributed by atoms with van der Waals surface area (Å²) in [6.45, 7) is 4.05. The van der Waals surface area contributed by atoms with E-state index in [1.807, 2.05) is 31.2 Å². The molecule has 3 heteroatoms. The average molecular weight is 218 g/mol. The largest absolute Gasteiger partial charge is 0.335 e. The quantitative estimate of drug-likeness (QED) is 0.804. The van der Waals surface area contributed by atoms with Crippen molar-refractivity contribution in [2.45, 2.75) is 32.7 Å². The molecule has 2 amide bonds. The molecule has 0 spiro atoms. The Labute approximate surface area is 96.2 Å². The molecule has 0 bridgehead atoms. The van der Waals surface area contributed by atoms with Crippen LogP contribution in [0.3, 0.4) is 0 Å². The summed E-state index contributed by atoms with van der Waals surface area (Å²) in [7, 11) is 0. The monoisotopic (exact) mass is 218 g/mol. The van der Waals surface area contributed by atoms with E-state index in [4.69, 9.17) is 0 Å². The Bertz CT molecular complexity index is 385. The van der Waals surface area contributed by atoms with E-state index in [-0.39, 0.29) is 12.1 Å². The van der Waals surface area contributed by atoms with Gasteiger partial charge in [-0.2, -0.15) is 0 Å². The SMILES string of the molecule is Cc1ccccc1NC(=O)NC(C)C1CC1. The van der Waals surface area contributed by atoms with Crippen molar-refractivity contribution >= 4 is 11.7 Å². The maximum Gasteiger partial charge on any atom is 0.319 e. The first-order valence-electron chi connectivity index (χ1n) is 5.80. The standard InChI is InChI=1S/C13H18N2O/c1-9-5-3-4-6-12(9)15-13(16)14-10(2)11-7-8-11/h3-6,10-11H,7-8H2,1-2H3,(H2,14,15,16). The summed E-state index contributed by atoms with van der Waals surface area (Å²) in [5, 5.41) is 5.84. The number of hydrogen-bond acceptors (Lipinski definition) is 1. The smallest absolute Gasteiger partial charge is 0.319 e. The third kappa shape index (κ3) is 2.75. The third-order valence-electron chi connectivity index (χ3n) is 3.08. The fraction of sp³-hybridized carbons (Fsp3) is 0.462. The van der Waals surface area contributed by atoms with E-state index in [0.29, 0.717) is 5.92 Å². The summed E-state index contributed by atoms with van der Waals surface area (Å²) in [6.07, 6.45) is 2.48. The van der Waals surface area contributed by atoms with Crippen LogP contribution in [0.5, 0.6) is 0 Å². The highest BCUT2D eigenvalue weighted by atomic mass is 16.2. The Kier molecular flexibility index (Phi) is 3.13.